The number of aliphatic hydroxyl groups excluding tert-OH is 2. The van der Waals surface area contributed by atoms with E-state index in [4.69, 9.17) is 5.11 Å². The fraction of sp³-hybridized carbons (Fsp3) is 1.00. The summed E-state index contributed by atoms with van der Waals surface area (Å²) in [6.07, 6.45) is 3.16. The standard InChI is InChI=1S/C10H21NO2/c1-8(7-12)5-11-6-9-3-2-4-10(9)13/h8-13H,2-7H2,1H3. The summed E-state index contributed by atoms with van der Waals surface area (Å²) in [4.78, 5) is 0. The maximum atomic E-state index is 9.52. The quantitative estimate of drug-likeness (QED) is 0.582. The summed E-state index contributed by atoms with van der Waals surface area (Å²) in [6, 6.07) is 0. The molecule has 0 bridgehead atoms. The number of rotatable bonds is 5. The average molecular weight is 187 g/mol. The monoisotopic (exact) mass is 187 g/mol. The van der Waals surface area contributed by atoms with Crippen LogP contribution < -0.4 is 5.32 Å². The predicted octanol–water partition coefficient (Wildman–Crippen LogP) is 0.365. The third-order valence-corrected chi connectivity index (χ3v) is 2.83. The minimum Gasteiger partial charge on any atom is -0.396 e. The van der Waals surface area contributed by atoms with Gasteiger partial charge in [0.1, 0.15) is 0 Å². The molecule has 3 heteroatoms. The van der Waals surface area contributed by atoms with Crippen molar-refractivity contribution in [2.75, 3.05) is 19.7 Å². The van der Waals surface area contributed by atoms with Gasteiger partial charge in [0.05, 0.1) is 6.10 Å². The van der Waals surface area contributed by atoms with Gasteiger partial charge in [0.15, 0.2) is 0 Å². The van der Waals surface area contributed by atoms with Crippen molar-refractivity contribution in [2.24, 2.45) is 11.8 Å². The van der Waals surface area contributed by atoms with Crippen molar-refractivity contribution in [3.05, 3.63) is 0 Å². The van der Waals surface area contributed by atoms with Crippen molar-refractivity contribution in [1.82, 2.24) is 5.32 Å². The molecule has 0 aromatic rings. The highest BCUT2D eigenvalue weighted by Gasteiger charge is 2.24. The zero-order valence-electron chi connectivity index (χ0n) is 8.37. The first-order valence-corrected chi connectivity index (χ1v) is 5.23. The highest BCUT2D eigenvalue weighted by molar-refractivity contribution is 4.78. The maximum absolute atomic E-state index is 9.52. The predicted molar refractivity (Wildman–Crippen MR) is 52.5 cm³/mol. The molecule has 3 unspecified atom stereocenters. The van der Waals surface area contributed by atoms with Crippen LogP contribution in [-0.4, -0.2) is 36.0 Å². The van der Waals surface area contributed by atoms with Gasteiger partial charge >= 0.3 is 0 Å². The second-order valence-electron chi connectivity index (χ2n) is 4.20. The zero-order valence-corrected chi connectivity index (χ0v) is 8.37. The van der Waals surface area contributed by atoms with Crippen molar-refractivity contribution in [2.45, 2.75) is 32.3 Å². The fourth-order valence-electron chi connectivity index (χ4n) is 1.84. The van der Waals surface area contributed by atoms with E-state index >= 15 is 0 Å². The first kappa shape index (κ1) is 11.0. The van der Waals surface area contributed by atoms with Gasteiger partial charge in [-0.2, -0.15) is 0 Å². The molecular weight excluding hydrogens is 166 g/mol. The van der Waals surface area contributed by atoms with E-state index in [9.17, 15) is 5.11 Å². The first-order valence-electron chi connectivity index (χ1n) is 5.23. The van der Waals surface area contributed by atoms with Crippen LogP contribution in [-0.2, 0) is 0 Å². The Morgan fingerprint density at radius 2 is 2.23 bits per heavy atom. The van der Waals surface area contributed by atoms with Crippen LogP contribution in [0.25, 0.3) is 0 Å². The summed E-state index contributed by atoms with van der Waals surface area (Å²) in [5.41, 5.74) is 0. The number of hydrogen-bond acceptors (Lipinski definition) is 3. The van der Waals surface area contributed by atoms with Crippen molar-refractivity contribution in [1.29, 1.82) is 0 Å². The van der Waals surface area contributed by atoms with Crippen molar-refractivity contribution in [3.63, 3.8) is 0 Å². The van der Waals surface area contributed by atoms with Gasteiger partial charge in [-0.15, -0.1) is 0 Å². The Balaban J connectivity index is 2.05. The van der Waals surface area contributed by atoms with Crippen molar-refractivity contribution < 1.29 is 10.2 Å². The summed E-state index contributed by atoms with van der Waals surface area (Å²) in [5.74, 6) is 0.754. The van der Waals surface area contributed by atoms with Crippen molar-refractivity contribution >= 4 is 0 Å². The lowest BCUT2D eigenvalue weighted by Gasteiger charge is -2.16. The van der Waals surface area contributed by atoms with Gasteiger partial charge in [0.2, 0.25) is 0 Å². The van der Waals surface area contributed by atoms with Crippen molar-refractivity contribution in [3.8, 4) is 0 Å². The summed E-state index contributed by atoms with van der Waals surface area (Å²) in [6.45, 7) is 3.99. The number of aliphatic hydroxyl groups is 2. The molecule has 13 heavy (non-hydrogen) atoms. The molecule has 3 N–H and O–H groups in total. The second-order valence-corrected chi connectivity index (χ2v) is 4.20. The van der Waals surface area contributed by atoms with Crippen LogP contribution in [0.5, 0.6) is 0 Å². The molecule has 78 valence electrons. The lowest BCUT2D eigenvalue weighted by atomic mass is 10.1. The molecule has 0 aromatic carbocycles. The lowest BCUT2D eigenvalue weighted by Crippen LogP contribution is -2.31. The Morgan fingerprint density at radius 3 is 2.77 bits per heavy atom. The summed E-state index contributed by atoms with van der Waals surface area (Å²) in [5, 5.41) is 21.6. The molecule has 0 aliphatic heterocycles. The van der Waals surface area contributed by atoms with Crippen LogP contribution in [0.2, 0.25) is 0 Å². The molecular formula is C10H21NO2. The highest BCUT2D eigenvalue weighted by Crippen LogP contribution is 2.24. The molecule has 3 nitrogen and oxygen atoms in total. The SMILES string of the molecule is CC(CO)CNCC1CCCC1O. The minimum atomic E-state index is -0.100. The molecule has 3 atom stereocenters. The number of hydrogen-bond donors (Lipinski definition) is 3. The van der Waals surface area contributed by atoms with Crippen LogP contribution in [0.15, 0.2) is 0 Å². The molecule has 0 aromatic heterocycles. The molecule has 0 heterocycles. The average Bonchev–Trinajstić information content (AvgIpc) is 2.52. The van der Waals surface area contributed by atoms with Crippen LogP contribution in [0, 0.1) is 11.8 Å². The fourth-order valence-corrected chi connectivity index (χ4v) is 1.84. The first-order chi connectivity index (χ1) is 6.24. The topological polar surface area (TPSA) is 52.5 Å². The van der Waals surface area contributed by atoms with E-state index in [1.54, 1.807) is 0 Å². The number of nitrogens with one attached hydrogen (secondary N) is 1. The zero-order chi connectivity index (χ0) is 9.68. The molecule has 0 radical (unpaired) electrons. The van der Waals surface area contributed by atoms with Gasteiger partial charge in [0.25, 0.3) is 0 Å². The molecule has 0 amide bonds. The van der Waals surface area contributed by atoms with Crippen LogP contribution in [0.1, 0.15) is 26.2 Å². The van der Waals surface area contributed by atoms with Gasteiger partial charge in [-0.3, -0.25) is 0 Å². The van der Waals surface area contributed by atoms with E-state index < -0.39 is 0 Å². The van der Waals surface area contributed by atoms with Gasteiger partial charge in [-0.25, -0.2) is 0 Å². The molecule has 1 rings (SSSR count). The Labute approximate surface area is 80.2 Å². The molecule has 1 aliphatic carbocycles. The minimum absolute atomic E-state index is 0.100. The third-order valence-electron chi connectivity index (χ3n) is 2.83. The van der Waals surface area contributed by atoms with Gasteiger partial charge in [-0.05, 0) is 31.2 Å². The lowest BCUT2D eigenvalue weighted by molar-refractivity contribution is 0.130. The summed E-state index contributed by atoms with van der Waals surface area (Å²) >= 11 is 0. The molecule has 1 saturated carbocycles. The molecule has 1 fully saturated rings. The summed E-state index contributed by atoms with van der Waals surface area (Å²) < 4.78 is 0. The van der Waals surface area contributed by atoms with E-state index in [0.717, 1.165) is 32.4 Å². The summed E-state index contributed by atoms with van der Waals surface area (Å²) in [7, 11) is 0. The molecule has 0 spiro atoms. The van der Waals surface area contributed by atoms with Crippen LogP contribution >= 0.6 is 0 Å². The van der Waals surface area contributed by atoms with E-state index in [1.807, 2.05) is 6.92 Å². The van der Waals surface area contributed by atoms with Gasteiger partial charge in [-0.1, -0.05) is 13.3 Å². The highest BCUT2D eigenvalue weighted by atomic mass is 16.3. The Hall–Kier alpha value is -0.120. The van der Waals surface area contributed by atoms with Gasteiger partial charge in [0, 0.05) is 13.2 Å². The Morgan fingerprint density at radius 1 is 1.46 bits per heavy atom. The van der Waals surface area contributed by atoms with E-state index in [2.05, 4.69) is 5.32 Å². The smallest absolute Gasteiger partial charge is 0.0580 e. The molecule has 1 aliphatic rings. The normalized spacial score (nSPS) is 30.7. The van der Waals surface area contributed by atoms with Crippen LogP contribution in [0.3, 0.4) is 0 Å². The molecule has 0 saturated heterocycles. The second kappa shape index (κ2) is 5.58. The van der Waals surface area contributed by atoms with E-state index in [1.165, 1.54) is 0 Å². The Kier molecular flexibility index (Phi) is 4.70. The largest absolute Gasteiger partial charge is 0.396 e. The van der Waals surface area contributed by atoms with E-state index in [0.29, 0.717) is 11.8 Å². The Bertz CT molecular complexity index is 141. The van der Waals surface area contributed by atoms with Crippen LogP contribution in [0.4, 0.5) is 0 Å². The van der Waals surface area contributed by atoms with Gasteiger partial charge < -0.3 is 15.5 Å². The maximum Gasteiger partial charge on any atom is 0.0580 e. The van der Waals surface area contributed by atoms with E-state index in [-0.39, 0.29) is 12.7 Å². The third kappa shape index (κ3) is 3.63.